The van der Waals surface area contributed by atoms with E-state index in [1.165, 1.54) is 18.6 Å². The van der Waals surface area contributed by atoms with Crippen LogP contribution in [0, 0.1) is 0 Å². The highest BCUT2D eigenvalue weighted by atomic mass is 33.1. The van der Waals surface area contributed by atoms with Crippen LogP contribution in [0.1, 0.15) is 57.8 Å². The van der Waals surface area contributed by atoms with Crippen molar-refractivity contribution in [1.82, 2.24) is 14.9 Å². The second-order valence-electron chi connectivity index (χ2n) is 6.83. The number of hydrogen-bond donors (Lipinski definition) is 1. The number of hydrogen-bond acceptors (Lipinski definition) is 4. The van der Waals surface area contributed by atoms with Gasteiger partial charge in [-0.25, -0.2) is 4.98 Å². The van der Waals surface area contributed by atoms with Gasteiger partial charge in [0.05, 0.1) is 17.6 Å². The maximum absolute atomic E-state index is 12.2. The molecule has 136 valence electrons. The summed E-state index contributed by atoms with van der Waals surface area (Å²) in [5.74, 6) is 2.35. The summed E-state index contributed by atoms with van der Waals surface area (Å²) in [4.78, 5) is 16.8. The average Bonchev–Trinajstić information content (AvgIpc) is 3.23. The average molecular weight is 378 g/mol. The van der Waals surface area contributed by atoms with E-state index in [-0.39, 0.29) is 5.91 Å². The van der Waals surface area contributed by atoms with E-state index < -0.39 is 0 Å². The number of amides is 1. The zero-order chi connectivity index (χ0) is 17.6. The molecule has 0 saturated carbocycles. The number of aromatic nitrogens is 2. The predicted octanol–water partition coefficient (Wildman–Crippen LogP) is 4.95. The van der Waals surface area contributed by atoms with E-state index in [4.69, 9.17) is 4.98 Å². The molecule has 1 atom stereocenters. The third-order valence-electron chi connectivity index (χ3n) is 4.54. The van der Waals surface area contributed by atoms with Crippen LogP contribution in [0.15, 0.2) is 24.3 Å². The van der Waals surface area contributed by atoms with Gasteiger partial charge in [0.1, 0.15) is 5.82 Å². The van der Waals surface area contributed by atoms with Crippen LogP contribution in [0.2, 0.25) is 0 Å². The number of imidazole rings is 1. The van der Waals surface area contributed by atoms with E-state index in [2.05, 4.69) is 29.8 Å². The van der Waals surface area contributed by atoms with Gasteiger partial charge in [-0.05, 0) is 45.2 Å². The van der Waals surface area contributed by atoms with Crippen LogP contribution in [0.3, 0.4) is 0 Å². The molecule has 25 heavy (non-hydrogen) atoms. The Hall–Kier alpha value is -1.14. The highest BCUT2D eigenvalue weighted by Gasteiger charge is 2.16. The van der Waals surface area contributed by atoms with Gasteiger partial charge in [-0.3, -0.25) is 4.79 Å². The molecule has 1 aliphatic rings. The van der Waals surface area contributed by atoms with E-state index in [1.807, 2.05) is 39.8 Å². The maximum Gasteiger partial charge on any atom is 0.220 e. The molecule has 0 aliphatic carbocycles. The molecule has 2 aromatic rings. The summed E-state index contributed by atoms with van der Waals surface area (Å²) in [6, 6.07) is 8.47. The Morgan fingerprint density at radius 2 is 2.20 bits per heavy atom. The Kier molecular flexibility index (Phi) is 6.70. The summed E-state index contributed by atoms with van der Waals surface area (Å²) in [6.07, 6.45) is 5.32. The SMILES string of the molecule is CC(C)n1c(CNC(=O)CCCC[C@H]2CCSS2)nc2ccccc21. The quantitative estimate of drug-likeness (QED) is 0.522. The third kappa shape index (κ3) is 4.94. The molecule has 0 spiro atoms. The van der Waals surface area contributed by atoms with Crippen molar-refractivity contribution in [1.29, 1.82) is 0 Å². The molecular weight excluding hydrogens is 350 g/mol. The molecule has 1 fully saturated rings. The minimum atomic E-state index is 0.135. The van der Waals surface area contributed by atoms with Crippen LogP contribution >= 0.6 is 21.6 Å². The number of rotatable bonds is 8. The molecule has 0 radical (unpaired) electrons. The van der Waals surface area contributed by atoms with Gasteiger partial charge < -0.3 is 9.88 Å². The van der Waals surface area contributed by atoms with Gasteiger partial charge in [-0.1, -0.05) is 40.1 Å². The van der Waals surface area contributed by atoms with Gasteiger partial charge in [0.15, 0.2) is 0 Å². The van der Waals surface area contributed by atoms with Crippen LogP contribution in [0.5, 0.6) is 0 Å². The molecule has 1 saturated heterocycles. The highest BCUT2D eigenvalue weighted by Crippen LogP contribution is 2.39. The molecule has 2 heterocycles. The first-order valence-corrected chi connectivity index (χ1v) is 11.5. The Morgan fingerprint density at radius 1 is 1.36 bits per heavy atom. The predicted molar refractivity (Wildman–Crippen MR) is 109 cm³/mol. The molecule has 1 amide bonds. The zero-order valence-electron chi connectivity index (χ0n) is 15.0. The second kappa shape index (κ2) is 8.99. The summed E-state index contributed by atoms with van der Waals surface area (Å²) >= 11 is 0. The summed E-state index contributed by atoms with van der Waals surface area (Å²) < 4.78 is 2.21. The summed E-state index contributed by atoms with van der Waals surface area (Å²) in [5.41, 5.74) is 2.13. The van der Waals surface area contributed by atoms with Crippen molar-refractivity contribution >= 4 is 38.5 Å². The van der Waals surface area contributed by atoms with Crippen LogP contribution < -0.4 is 5.32 Å². The van der Waals surface area contributed by atoms with E-state index in [1.54, 1.807) is 0 Å². The fraction of sp³-hybridized carbons (Fsp3) is 0.579. The fourth-order valence-electron chi connectivity index (χ4n) is 3.28. The Balaban J connectivity index is 1.48. The molecule has 1 aromatic carbocycles. The number of fused-ring (bicyclic) bond motifs is 1. The van der Waals surface area contributed by atoms with E-state index >= 15 is 0 Å². The fourth-order valence-corrected chi connectivity index (χ4v) is 6.31. The first-order valence-electron chi connectivity index (χ1n) is 9.16. The minimum absolute atomic E-state index is 0.135. The second-order valence-corrected chi connectivity index (χ2v) is 9.62. The van der Waals surface area contributed by atoms with Crippen molar-refractivity contribution < 1.29 is 4.79 Å². The van der Waals surface area contributed by atoms with Gasteiger partial charge in [-0.15, -0.1) is 0 Å². The third-order valence-corrected chi connectivity index (χ3v) is 7.54. The number of carbonyl (C=O) groups is 1. The molecule has 6 heteroatoms. The standard InChI is InChI=1S/C19H27N3OS2/c1-14(2)22-17-9-5-4-8-16(17)21-18(22)13-20-19(23)10-6-3-7-15-11-12-24-25-15/h4-5,8-9,14-15H,3,6-7,10-13H2,1-2H3,(H,20,23)/t15-/m0/s1. The van der Waals surface area contributed by atoms with Crippen molar-refractivity contribution in [3.63, 3.8) is 0 Å². The van der Waals surface area contributed by atoms with Crippen molar-refractivity contribution in [3.8, 4) is 0 Å². The molecular formula is C19H27N3OS2. The monoisotopic (exact) mass is 377 g/mol. The lowest BCUT2D eigenvalue weighted by Gasteiger charge is -2.13. The van der Waals surface area contributed by atoms with Gasteiger partial charge >= 0.3 is 0 Å². The number of benzene rings is 1. The largest absolute Gasteiger partial charge is 0.349 e. The Bertz CT molecular complexity index is 708. The number of unbranched alkanes of at least 4 members (excludes halogenated alkanes) is 1. The van der Waals surface area contributed by atoms with Crippen molar-refractivity contribution in [2.45, 2.75) is 63.8 Å². The normalized spacial score (nSPS) is 17.5. The topological polar surface area (TPSA) is 46.9 Å². The van der Waals surface area contributed by atoms with Gasteiger partial charge in [0.2, 0.25) is 5.91 Å². The van der Waals surface area contributed by atoms with Crippen LogP contribution in [-0.4, -0.2) is 26.5 Å². The zero-order valence-corrected chi connectivity index (χ0v) is 16.7. The molecule has 3 rings (SSSR count). The number of para-hydroxylation sites is 2. The first-order chi connectivity index (χ1) is 12.1. The van der Waals surface area contributed by atoms with Gasteiger partial charge in [0.25, 0.3) is 0 Å². The first kappa shape index (κ1) is 18.6. The van der Waals surface area contributed by atoms with Crippen molar-refractivity contribution in [2.24, 2.45) is 0 Å². The molecule has 0 bridgehead atoms. The lowest BCUT2D eigenvalue weighted by molar-refractivity contribution is -0.121. The lowest BCUT2D eigenvalue weighted by atomic mass is 10.1. The van der Waals surface area contributed by atoms with Gasteiger partial charge in [0, 0.05) is 23.5 Å². The van der Waals surface area contributed by atoms with Gasteiger partial charge in [-0.2, -0.15) is 0 Å². The molecule has 4 nitrogen and oxygen atoms in total. The summed E-state index contributed by atoms with van der Waals surface area (Å²) in [6.45, 7) is 4.80. The number of nitrogens with zero attached hydrogens (tertiary/aromatic N) is 2. The highest BCUT2D eigenvalue weighted by molar-refractivity contribution is 8.77. The molecule has 1 aromatic heterocycles. The van der Waals surface area contributed by atoms with Crippen LogP contribution in [0.4, 0.5) is 0 Å². The Morgan fingerprint density at radius 3 is 2.96 bits per heavy atom. The molecule has 1 N–H and O–H groups in total. The van der Waals surface area contributed by atoms with E-state index in [0.717, 1.165) is 34.9 Å². The van der Waals surface area contributed by atoms with Crippen molar-refractivity contribution in [3.05, 3.63) is 30.1 Å². The molecule has 1 aliphatic heterocycles. The maximum atomic E-state index is 12.2. The minimum Gasteiger partial charge on any atom is -0.349 e. The lowest BCUT2D eigenvalue weighted by Crippen LogP contribution is -2.24. The Labute approximate surface area is 157 Å². The summed E-state index contributed by atoms with van der Waals surface area (Å²) in [5, 5.41) is 3.86. The number of nitrogens with one attached hydrogen (secondary N) is 1. The molecule has 0 unspecified atom stereocenters. The summed E-state index contributed by atoms with van der Waals surface area (Å²) in [7, 11) is 4.01. The number of carbonyl (C=O) groups excluding carboxylic acids is 1. The van der Waals surface area contributed by atoms with Crippen LogP contribution in [0.25, 0.3) is 11.0 Å². The van der Waals surface area contributed by atoms with E-state index in [9.17, 15) is 4.79 Å². The van der Waals surface area contributed by atoms with Crippen molar-refractivity contribution in [2.75, 3.05) is 5.75 Å². The van der Waals surface area contributed by atoms with Crippen LogP contribution in [-0.2, 0) is 11.3 Å². The smallest absolute Gasteiger partial charge is 0.220 e. The van der Waals surface area contributed by atoms with E-state index in [0.29, 0.717) is 19.0 Å².